The Kier molecular flexibility index (Phi) is 7.20. The Labute approximate surface area is 156 Å². The van der Waals surface area contributed by atoms with E-state index in [9.17, 15) is 9.59 Å². The number of hydrogen-bond acceptors (Lipinski definition) is 7. The topological polar surface area (TPSA) is 94.3 Å². The van der Waals surface area contributed by atoms with Crippen LogP contribution in [0.25, 0.3) is 11.5 Å². The fourth-order valence-corrected chi connectivity index (χ4v) is 2.79. The number of carbonyl (C=O) groups is 2. The molecule has 0 spiro atoms. The average Bonchev–Trinajstić information content (AvgIpc) is 3.12. The number of nitrogens with one attached hydrogen (secondary N) is 1. The lowest BCUT2D eigenvalue weighted by atomic mass is 9.99. The Hall–Kier alpha value is -2.35. The SMILES string of the molecule is CC[C@H](C)[C@@H](NC(=O)CSc1nnc(-c2ccc(C)cc2)o1)C(=O)OC. The monoisotopic (exact) mass is 377 g/mol. The summed E-state index contributed by atoms with van der Waals surface area (Å²) < 4.78 is 10.3. The first kappa shape index (κ1) is 20.0. The second-order valence-corrected chi connectivity index (χ2v) is 6.91. The zero-order valence-electron chi connectivity index (χ0n) is 15.3. The van der Waals surface area contributed by atoms with Gasteiger partial charge in [-0.15, -0.1) is 10.2 Å². The quantitative estimate of drug-likeness (QED) is 0.558. The molecule has 0 aliphatic heterocycles. The molecule has 0 fully saturated rings. The summed E-state index contributed by atoms with van der Waals surface area (Å²) in [5, 5.41) is 10.9. The summed E-state index contributed by atoms with van der Waals surface area (Å²) in [5.74, 6) is -0.287. The van der Waals surface area contributed by atoms with Gasteiger partial charge < -0.3 is 14.5 Å². The van der Waals surface area contributed by atoms with Gasteiger partial charge in [-0.3, -0.25) is 4.79 Å². The Balaban J connectivity index is 1.92. The van der Waals surface area contributed by atoms with E-state index in [2.05, 4.69) is 15.5 Å². The molecule has 0 radical (unpaired) electrons. The molecule has 1 heterocycles. The summed E-state index contributed by atoms with van der Waals surface area (Å²) in [6.45, 7) is 5.84. The van der Waals surface area contributed by atoms with Crippen LogP contribution in [-0.2, 0) is 14.3 Å². The largest absolute Gasteiger partial charge is 0.467 e. The van der Waals surface area contributed by atoms with E-state index in [-0.39, 0.29) is 17.6 Å². The van der Waals surface area contributed by atoms with Crippen LogP contribution in [0.3, 0.4) is 0 Å². The summed E-state index contributed by atoms with van der Waals surface area (Å²) in [7, 11) is 1.31. The Morgan fingerprint density at radius 3 is 2.58 bits per heavy atom. The second-order valence-electron chi connectivity index (χ2n) is 5.98. The van der Waals surface area contributed by atoms with Crippen molar-refractivity contribution >= 4 is 23.6 Å². The third-order valence-corrected chi connectivity index (χ3v) is 4.83. The molecule has 140 valence electrons. The average molecular weight is 377 g/mol. The molecule has 1 N–H and O–H groups in total. The van der Waals surface area contributed by atoms with Crippen molar-refractivity contribution < 1.29 is 18.7 Å². The van der Waals surface area contributed by atoms with E-state index in [1.165, 1.54) is 7.11 Å². The molecule has 7 nitrogen and oxygen atoms in total. The highest BCUT2D eigenvalue weighted by Crippen LogP contribution is 2.23. The minimum absolute atomic E-state index is 0.0204. The predicted molar refractivity (Wildman–Crippen MR) is 98.6 cm³/mol. The van der Waals surface area contributed by atoms with Crippen molar-refractivity contribution in [2.75, 3.05) is 12.9 Å². The van der Waals surface area contributed by atoms with Crippen LogP contribution >= 0.6 is 11.8 Å². The molecule has 1 aromatic carbocycles. The van der Waals surface area contributed by atoms with Crippen LogP contribution in [0.1, 0.15) is 25.8 Å². The number of amides is 1. The van der Waals surface area contributed by atoms with E-state index >= 15 is 0 Å². The highest BCUT2D eigenvalue weighted by Gasteiger charge is 2.26. The second kappa shape index (κ2) is 9.38. The maximum absolute atomic E-state index is 12.2. The number of aryl methyl sites for hydroxylation is 1. The van der Waals surface area contributed by atoms with E-state index in [0.717, 1.165) is 29.3 Å². The van der Waals surface area contributed by atoms with Gasteiger partial charge in [-0.05, 0) is 25.0 Å². The van der Waals surface area contributed by atoms with Crippen molar-refractivity contribution in [3.05, 3.63) is 29.8 Å². The highest BCUT2D eigenvalue weighted by atomic mass is 32.2. The standard InChI is InChI=1S/C18H23N3O4S/c1-5-12(3)15(17(23)24-4)19-14(22)10-26-18-21-20-16(25-18)13-8-6-11(2)7-9-13/h6-9,12,15H,5,10H2,1-4H3,(H,19,22)/t12-,15+/m0/s1. The first-order valence-corrected chi connectivity index (χ1v) is 9.33. The number of thioether (sulfide) groups is 1. The highest BCUT2D eigenvalue weighted by molar-refractivity contribution is 7.99. The molecule has 2 rings (SSSR count). The first-order chi connectivity index (χ1) is 12.4. The van der Waals surface area contributed by atoms with Crippen LogP contribution in [0.2, 0.25) is 0 Å². The lowest BCUT2D eigenvalue weighted by molar-refractivity contribution is -0.146. The Morgan fingerprint density at radius 1 is 1.27 bits per heavy atom. The predicted octanol–water partition coefficient (Wildman–Crippen LogP) is 2.84. The third-order valence-electron chi connectivity index (χ3n) is 4.02. The van der Waals surface area contributed by atoms with Gasteiger partial charge in [0.2, 0.25) is 11.8 Å². The number of nitrogens with zero attached hydrogens (tertiary/aromatic N) is 2. The molecule has 0 saturated carbocycles. The van der Waals surface area contributed by atoms with Gasteiger partial charge in [-0.1, -0.05) is 49.7 Å². The van der Waals surface area contributed by atoms with Crippen molar-refractivity contribution in [3.8, 4) is 11.5 Å². The van der Waals surface area contributed by atoms with E-state index < -0.39 is 12.0 Å². The number of methoxy groups -OCH3 is 1. The molecule has 2 aromatic rings. The van der Waals surface area contributed by atoms with Gasteiger partial charge in [0, 0.05) is 5.56 Å². The zero-order valence-corrected chi connectivity index (χ0v) is 16.1. The number of rotatable bonds is 8. The lowest BCUT2D eigenvalue weighted by Gasteiger charge is -2.21. The van der Waals surface area contributed by atoms with Crippen LogP contribution in [0, 0.1) is 12.8 Å². The molecule has 8 heteroatoms. The van der Waals surface area contributed by atoms with E-state index in [1.54, 1.807) is 0 Å². The molecule has 26 heavy (non-hydrogen) atoms. The zero-order chi connectivity index (χ0) is 19.1. The molecular weight excluding hydrogens is 354 g/mol. The van der Waals surface area contributed by atoms with E-state index in [0.29, 0.717) is 11.1 Å². The van der Waals surface area contributed by atoms with Gasteiger partial charge in [0.1, 0.15) is 6.04 Å². The van der Waals surface area contributed by atoms with Crippen molar-refractivity contribution in [3.63, 3.8) is 0 Å². The summed E-state index contributed by atoms with van der Waals surface area (Å²) >= 11 is 1.12. The molecule has 2 atom stereocenters. The third kappa shape index (κ3) is 5.32. The van der Waals surface area contributed by atoms with Gasteiger partial charge in [-0.25, -0.2) is 4.79 Å². The number of aromatic nitrogens is 2. The number of hydrogen-bond donors (Lipinski definition) is 1. The van der Waals surface area contributed by atoms with Gasteiger partial charge in [0.05, 0.1) is 12.9 Å². The fraction of sp³-hybridized carbons (Fsp3) is 0.444. The van der Waals surface area contributed by atoms with Gasteiger partial charge in [0.15, 0.2) is 0 Å². The molecule has 0 bridgehead atoms. The summed E-state index contributed by atoms with van der Waals surface area (Å²) in [4.78, 5) is 24.0. The number of ether oxygens (including phenoxy) is 1. The van der Waals surface area contributed by atoms with Crippen molar-refractivity contribution in [1.82, 2.24) is 15.5 Å². The molecule has 0 unspecified atom stereocenters. The maximum atomic E-state index is 12.2. The molecule has 0 aliphatic carbocycles. The molecule has 1 amide bonds. The minimum Gasteiger partial charge on any atom is -0.467 e. The Morgan fingerprint density at radius 2 is 1.96 bits per heavy atom. The number of benzene rings is 1. The van der Waals surface area contributed by atoms with Gasteiger partial charge in [0.25, 0.3) is 5.22 Å². The first-order valence-electron chi connectivity index (χ1n) is 8.35. The normalized spacial score (nSPS) is 13.1. The van der Waals surface area contributed by atoms with Crippen LogP contribution in [0.15, 0.2) is 33.9 Å². The van der Waals surface area contributed by atoms with Gasteiger partial charge >= 0.3 is 5.97 Å². The van der Waals surface area contributed by atoms with Crippen LogP contribution < -0.4 is 5.32 Å². The van der Waals surface area contributed by atoms with E-state index in [4.69, 9.17) is 9.15 Å². The van der Waals surface area contributed by atoms with Crippen molar-refractivity contribution in [2.45, 2.75) is 38.5 Å². The minimum atomic E-state index is -0.663. The van der Waals surface area contributed by atoms with Crippen molar-refractivity contribution in [1.29, 1.82) is 0 Å². The van der Waals surface area contributed by atoms with E-state index in [1.807, 2.05) is 45.0 Å². The summed E-state index contributed by atoms with van der Waals surface area (Å²) in [6.07, 6.45) is 0.747. The maximum Gasteiger partial charge on any atom is 0.328 e. The van der Waals surface area contributed by atoms with Crippen LogP contribution in [0.4, 0.5) is 0 Å². The summed E-state index contributed by atoms with van der Waals surface area (Å²) in [5.41, 5.74) is 1.96. The summed E-state index contributed by atoms with van der Waals surface area (Å²) in [6, 6.07) is 7.06. The molecule has 0 saturated heterocycles. The molecule has 0 aliphatic rings. The van der Waals surface area contributed by atoms with Crippen molar-refractivity contribution in [2.24, 2.45) is 5.92 Å². The van der Waals surface area contributed by atoms with Gasteiger partial charge in [-0.2, -0.15) is 0 Å². The number of carbonyl (C=O) groups excluding carboxylic acids is 2. The smallest absolute Gasteiger partial charge is 0.328 e. The number of esters is 1. The van der Waals surface area contributed by atoms with Crippen LogP contribution in [0.5, 0.6) is 0 Å². The van der Waals surface area contributed by atoms with Crippen LogP contribution in [-0.4, -0.2) is 41.0 Å². The lowest BCUT2D eigenvalue weighted by Crippen LogP contribution is -2.46. The molecule has 1 aromatic heterocycles. The fourth-order valence-electron chi connectivity index (χ4n) is 2.22. The molecular formula is C18H23N3O4S. The Bertz CT molecular complexity index is 745.